The highest BCUT2D eigenvalue weighted by Gasteiger charge is 1.91. The molecule has 0 unspecified atom stereocenters. The van der Waals surface area contributed by atoms with Gasteiger partial charge in [-0.3, -0.25) is 0 Å². The first-order valence-corrected chi connectivity index (χ1v) is 3.77. The van der Waals surface area contributed by atoms with Gasteiger partial charge in [0.05, 0.1) is 6.61 Å². The van der Waals surface area contributed by atoms with E-state index in [0.29, 0.717) is 12.4 Å². The van der Waals surface area contributed by atoms with Crippen molar-refractivity contribution >= 4 is 11.5 Å². The minimum Gasteiger partial charge on any atom is -0.384 e. The van der Waals surface area contributed by atoms with Gasteiger partial charge in [0.25, 0.3) is 0 Å². The molecule has 4 heteroatoms. The smallest absolute Gasteiger partial charge is 0.125 e. The van der Waals surface area contributed by atoms with Crippen molar-refractivity contribution in [1.29, 1.82) is 0 Å². The van der Waals surface area contributed by atoms with Crippen LogP contribution in [0, 0.1) is 0 Å². The Balaban J connectivity index is 2.41. The van der Waals surface area contributed by atoms with Crippen molar-refractivity contribution in [2.24, 2.45) is 0 Å². The monoisotopic (exact) mass is 167 g/mol. The molecule has 0 spiro atoms. The second-order valence-corrected chi connectivity index (χ2v) is 2.39. The number of nitrogens with zero attached hydrogens (tertiary/aromatic N) is 1. The van der Waals surface area contributed by atoms with Gasteiger partial charge in [-0.1, -0.05) is 0 Å². The zero-order valence-corrected chi connectivity index (χ0v) is 7.08. The van der Waals surface area contributed by atoms with E-state index in [0.717, 1.165) is 12.2 Å². The van der Waals surface area contributed by atoms with Gasteiger partial charge in [-0.2, -0.15) is 0 Å². The molecule has 66 valence electrons. The van der Waals surface area contributed by atoms with Gasteiger partial charge in [0.1, 0.15) is 5.82 Å². The standard InChI is InChI=1S/C8H13N3O/c1-12-5-4-10-7-2-3-11-8(9)6-7/h2-3,6H,4-5H2,1H3,(H3,9,10,11). The van der Waals surface area contributed by atoms with Gasteiger partial charge in [-0.05, 0) is 6.07 Å². The number of nitrogen functional groups attached to an aromatic ring is 1. The normalized spacial score (nSPS) is 9.75. The molecule has 0 saturated carbocycles. The SMILES string of the molecule is COCCNc1ccnc(N)c1. The summed E-state index contributed by atoms with van der Waals surface area (Å²) in [5.74, 6) is 0.525. The van der Waals surface area contributed by atoms with Crippen molar-refractivity contribution in [3.05, 3.63) is 18.3 Å². The van der Waals surface area contributed by atoms with Crippen LogP contribution in [0.3, 0.4) is 0 Å². The maximum Gasteiger partial charge on any atom is 0.125 e. The molecule has 0 fully saturated rings. The van der Waals surface area contributed by atoms with Crippen molar-refractivity contribution < 1.29 is 4.74 Å². The Morgan fingerprint density at radius 3 is 3.17 bits per heavy atom. The number of rotatable bonds is 4. The molecular weight excluding hydrogens is 154 g/mol. The molecule has 1 heterocycles. The molecule has 0 aliphatic rings. The lowest BCUT2D eigenvalue weighted by Crippen LogP contribution is -2.07. The number of hydrogen-bond donors (Lipinski definition) is 2. The van der Waals surface area contributed by atoms with E-state index in [9.17, 15) is 0 Å². The van der Waals surface area contributed by atoms with Crippen LogP contribution in [0.4, 0.5) is 11.5 Å². The van der Waals surface area contributed by atoms with Crippen LogP contribution in [0.15, 0.2) is 18.3 Å². The van der Waals surface area contributed by atoms with Gasteiger partial charge >= 0.3 is 0 Å². The molecule has 4 nitrogen and oxygen atoms in total. The minimum atomic E-state index is 0.525. The fraction of sp³-hybridized carbons (Fsp3) is 0.375. The number of aromatic nitrogens is 1. The van der Waals surface area contributed by atoms with Crippen LogP contribution in [-0.4, -0.2) is 25.2 Å². The van der Waals surface area contributed by atoms with Gasteiger partial charge in [-0.25, -0.2) is 4.98 Å². The lowest BCUT2D eigenvalue weighted by atomic mass is 10.4. The second-order valence-electron chi connectivity index (χ2n) is 2.39. The first-order chi connectivity index (χ1) is 5.83. The van der Waals surface area contributed by atoms with E-state index >= 15 is 0 Å². The van der Waals surface area contributed by atoms with Crippen molar-refractivity contribution in [3.8, 4) is 0 Å². The van der Waals surface area contributed by atoms with E-state index in [1.807, 2.05) is 6.07 Å². The van der Waals surface area contributed by atoms with Crippen molar-refractivity contribution in [3.63, 3.8) is 0 Å². The molecule has 0 atom stereocenters. The molecule has 1 aromatic rings. The first kappa shape index (κ1) is 8.80. The first-order valence-electron chi connectivity index (χ1n) is 3.77. The zero-order chi connectivity index (χ0) is 8.81. The molecule has 0 aliphatic carbocycles. The van der Waals surface area contributed by atoms with Gasteiger partial charge < -0.3 is 15.8 Å². The molecular formula is C8H13N3O. The van der Waals surface area contributed by atoms with Crippen molar-refractivity contribution in [2.45, 2.75) is 0 Å². The molecule has 1 rings (SSSR count). The minimum absolute atomic E-state index is 0.525. The lowest BCUT2D eigenvalue weighted by molar-refractivity contribution is 0.211. The van der Waals surface area contributed by atoms with Gasteiger partial charge in [0.15, 0.2) is 0 Å². The van der Waals surface area contributed by atoms with E-state index < -0.39 is 0 Å². The van der Waals surface area contributed by atoms with Crippen LogP contribution in [0.1, 0.15) is 0 Å². The maximum atomic E-state index is 5.48. The summed E-state index contributed by atoms with van der Waals surface area (Å²) in [6.07, 6.45) is 1.67. The number of anilines is 2. The summed E-state index contributed by atoms with van der Waals surface area (Å²) in [6.45, 7) is 1.46. The molecule has 0 saturated heterocycles. The summed E-state index contributed by atoms with van der Waals surface area (Å²) < 4.78 is 4.88. The van der Waals surface area contributed by atoms with Crippen LogP contribution in [-0.2, 0) is 4.74 Å². The largest absolute Gasteiger partial charge is 0.384 e. The topological polar surface area (TPSA) is 60.2 Å². The molecule has 0 aromatic carbocycles. The Hall–Kier alpha value is -1.29. The van der Waals surface area contributed by atoms with E-state index in [4.69, 9.17) is 10.5 Å². The van der Waals surface area contributed by atoms with E-state index in [-0.39, 0.29) is 0 Å². The lowest BCUT2D eigenvalue weighted by Gasteiger charge is -2.04. The van der Waals surface area contributed by atoms with E-state index in [2.05, 4.69) is 10.3 Å². The predicted octanol–water partition coefficient (Wildman–Crippen LogP) is 0.722. The number of nitrogens with two attached hydrogens (primary N) is 1. The highest BCUT2D eigenvalue weighted by molar-refractivity contribution is 5.49. The van der Waals surface area contributed by atoms with Crippen LogP contribution < -0.4 is 11.1 Å². The average molecular weight is 167 g/mol. The average Bonchev–Trinajstić information content (AvgIpc) is 2.05. The molecule has 0 bridgehead atoms. The molecule has 1 aromatic heterocycles. The van der Waals surface area contributed by atoms with Crippen LogP contribution >= 0.6 is 0 Å². The highest BCUT2D eigenvalue weighted by Crippen LogP contribution is 2.07. The summed E-state index contributed by atoms with van der Waals surface area (Å²) in [5, 5.41) is 3.14. The zero-order valence-electron chi connectivity index (χ0n) is 7.08. The number of ether oxygens (including phenoxy) is 1. The third-order valence-electron chi connectivity index (χ3n) is 1.42. The molecule has 0 radical (unpaired) electrons. The Labute approximate surface area is 71.7 Å². The Morgan fingerprint density at radius 1 is 1.67 bits per heavy atom. The fourth-order valence-corrected chi connectivity index (χ4v) is 0.856. The summed E-state index contributed by atoms with van der Waals surface area (Å²) in [7, 11) is 1.67. The van der Waals surface area contributed by atoms with Crippen molar-refractivity contribution in [1.82, 2.24) is 4.98 Å². The summed E-state index contributed by atoms with van der Waals surface area (Å²) in [5.41, 5.74) is 6.45. The Kier molecular flexibility index (Phi) is 3.35. The molecule has 0 aliphatic heterocycles. The molecule has 12 heavy (non-hydrogen) atoms. The molecule has 3 N–H and O–H groups in total. The highest BCUT2D eigenvalue weighted by atomic mass is 16.5. The van der Waals surface area contributed by atoms with Crippen molar-refractivity contribution in [2.75, 3.05) is 31.3 Å². The van der Waals surface area contributed by atoms with Gasteiger partial charge in [0.2, 0.25) is 0 Å². The second kappa shape index (κ2) is 4.56. The third-order valence-corrected chi connectivity index (χ3v) is 1.42. The number of hydrogen-bond acceptors (Lipinski definition) is 4. The van der Waals surface area contributed by atoms with E-state index in [1.54, 1.807) is 19.4 Å². The Morgan fingerprint density at radius 2 is 2.50 bits per heavy atom. The summed E-state index contributed by atoms with van der Waals surface area (Å²) >= 11 is 0. The number of methoxy groups -OCH3 is 1. The maximum absolute atomic E-state index is 5.48. The van der Waals surface area contributed by atoms with Gasteiger partial charge in [-0.15, -0.1) is 0 Å². The Bertz CT molecular complexity index is 239. The van der Waals surface area contributed by atoms with Crippen LogP contribution in [0.5, 0.6) is 0 Å². The summed E-state index contributed by atoms with van der Waals surface area (Å²) in [4.78, 5) is 3.87. The van der Waals surface area contributed by atoms with Crippen LogP contribution in [0.25, 0.3) is 0 Å². The van der Waals surface area contributed by atoms with Gasteiger partial charge in [0, 0.05) is 31.6 Å². The van der Waals surface area contributed by atoms with E-state index in [1.165, 1.54) is 0 Å². The number of pyridine rings is 1. The predicted molar refractivity (Wildman–Crippen MR) is 49.0 cm³/mol. The van der Waals surface area contributed by atoms with Crippen LogP contribution in [0.2, 0.25) is 0 Å². The quantitative estimate of drug-likeness (QED) is 0.649. The summed E-state index contributed by atoms with van der Waals surface area (Å²) in [6, 6.07) is 3.65. The third kappa shape index (κ3) is 2.75. The molecule has 0 amide bonds. The number of nitrogens with one attached hydrogen (secondary N) is 1. The fourth-order valence-electron chi connectivity index (χ4n) is 0.856.